The molecule has 6 heteroatoms. The Morgan fingerprint density at radius 2 is 1.61 bits per heavy atom. The van der Waals surface area contributed by atoms with E-state index in [1.807, 2.05) is 0 Å². The molecule has 1 aliphatic rings. The number of rotatable bonds is 3. The van der Waals surface area contributed by atoms with E-state index in [1.54, 1.807) is 42.5 Å². The monoisotopic (exact) mass is 312 g/mol. The summed E-state index contributed by atoms with van der Waals surface area (Å²) in [4.78, 5) is 23.4. The van der Waals surface area contributed by atoms with Crippen molar-refractivity contribution in [1.29, 1.82) is 0 Å². The van der Waals surface area contributed by atoms with Crippen LogP contribution in [-0.2, 0) is 0 Å². The van der Waals surface area contributed by atoms with Crippen LogP contribution >= 0.6 is 0 Å². The normalized spacial score (nSPS) is 12.4. The molecule has 2 N–H and O–H groups in total. The first-order valence-corrected chi connectivity index (χ1v) is 7.20. The van der Waals surface area contributed by atoms with Crippen LogP contribution in [-0.4, -0.2) is 25.0 Å². The van der Waals surface area contributed by atoms with Gasteiger partial charge in [0.25, 0.3) is 0 Å². The minimum absolute atomic E-state index is 0.0547. The smallest absolute Gasteiger partial charge is 0.323 e. The second-order valence-electron chi connectivity index (χ2n) is 5.07. The highest BCUT2D eigenvalue weighted by atomic mass is 16.6. The molecule has 0 atom stereocenters. The van der Waals surface area contributed by atoms with Crippen molar-refractivity contribution in [3.8, 4) is 11.5 Å². The number of amides is 2. The maximum absolute atomic E-state index is 12.1. The first-order chi connectivity index (χ1) is 11.1. The third-order valence-electron chi connectivity index (χ3n) is 3.33. The molecule has 118 valence electrons. The van der Waals surface area contributed by atoms with E-state index in [2.05, 4.69) is 10.6 Å². The highest BCUT2D eigenvalue weighted by Crippen LogP contribution is 2.32. The van der Waals surface area contributed by atoms with Gasteiger partial charge in [0.05, 0.1) is 0 Å². The molecule has 0 aliphatic carbocycles. The molecule has 0 aromatic heterocycles. The molecule has 1 heterocycles. The molecular formula is C17H16N2O4. The van der Waals surface area contributed by atoms with E-state index in [0.717, 1.165) is 0 Å². The maximum atomic E-state index is 12.1. The van der Waals surface area contributed by atoms with Crippen molar-refractivity contribution in [1.82, 2.24) is 0 Å². The number of fused-ring (bicyclic) bond motifs is 1. The number of ketones is 1. The number of carbonyl (C=O) groups excluding carboxylic acids is 2. The fraction of sp³-hybridized carbons (Fsp3) is 0.176. The third-order valence-corrected chi connectivity index (χ3v) is 3.33. The van der Waals surface area contributed by atoms with E-state index < -0.39 is 6.03 Å². The van der Waals surface area contributed by atoms with Crippen LogP contribution in [0.5, 0.6) is 11.5 Å². The lowest BCUT2D eigenvalue weighted by molar-refractivity contribution is 0.101. The Bertz CT molecular complexity index is 758. The molecule has 0 spiro atoms. The molecule has 1 aliphatic heterocycles. The van der Waals surface area contributed by atoms with Gasteiger partial charge >= 0.3 is 6.03 Å². The van der Waals surface area contributed by atoms with Gasteiger partial charge in [0.1, 0.15) is 13.2 Å². The Kier molecular flexibility index (Phi) is 4.14. The average molecular weight is 312 g/mol. The number of benzene rings is 2. The quantitative estimate of drug-likeness (QED) is 0.853. The number of urea groups is 1. The maximum Gasteiger partial charge on any atom is 0.323 e. The van der Waals surface area contributed by atoms with Gasteiger partial charge in [-0.25, -0.2) is 4.79 Å². The summed E-state index contributed by atoms with van der Waals surface area (Å²) in [5, 5.41) is 5.41. The van der Waals surface area contributed by atoms with Crippen LogP contribution in [0.15, 0.2) is 42.5 Å². The Hall–Kier alpha value is -3.02. The topological polar surface area (TPSA) is 76.7 Å². The Balaban J connectivity index is 1.67. The zero-order valence-electron chi connectivity index (χ0n) is 12.6. The van der Waals surface area contributed by atoms with Crippen molar-refractivity contribution in [2.75, 3.05) is 23.8 Å². The van der Waals surface area contributed by atoms with Crippen LogP contribution < -0.4 is 20.1 Å². The summed E-state index contributed by atoms with van der Waals surface area (Å²) >= 11 is 0. The predicted molar refractivity (Wildman–Crippen MR) is 86.5 cm³/mol. The SMILES string of the molecule is CC(=O)c1cccc(NC(=O)Nc2ccc3c(c2)OCCO3)c1. The number of hydrogen-bond donors (Lipinski definition) is 2. The molecule has 0 saturated heterocycles. The van der Waals surface area contributed by atoms with E-state index in [4.69, 9.17) is 9.47 Å². The van der Waals surface area contributed by atoms with Gasteiger partial charge in [0, 0.05) is 23.0 Å². The lowest BCUT2D eigenvalue weighted by Gasteiger charge is -2.19. The third kappa shape index (κ3) is 3.60. The molecule has 6 nitrogen and oxygen atoms in total. The number of hydrogen-bond acceptors (Lipinski definition) is 4. The summed E-state index contributed by atoms with van der Waals surface area (Å²) in [6, 6.07) is 11.6. The van der Waals surface area contributed by atoms with Gasteiger partial charge in [-0.2, -0.15) is 0 Å². The van der Waals surface area contributed by atoms with Gasteiger partial charge < -0.3 is 20.1 Å². The summed E-state index contributed by atoms with van der Waals surface area (Å²) in [5.41, 5.74) is 1.68. The van der Waals surface area contributed by atoms with Crippen LogP contribution in [0.25, 0.3) is 0 Å². The molecule has 2 aromatic carbocycles. The molecule has 0 fully saturated rings. The molecule has 2 aromatic rings. The van der Waals surface area contributed by atoms with E-state index in [1.165, 1.54) is 6.92 Å². The van der Waals surface area contributed by atoms with Crippen LogP contribution in [0.1, 0.15) is 17.3 Å². The number of anilines is 2. The van der Waals surface area contributed by atoms with Crippen molar-refractivity contribution in [3.63, 3.8) is 0 Å². The predicted octanol–water partition coefficient (Wildman–Crippen LogP) is 3.30. The van der Waals surface area contributed by atoms with Crippen molar-refractivity contribution in [2.45, 2.75) is 6.92 Å². The van der Waals surface area contributed by atoms with Gasteiger partial charge in [-0.15, -0.1) is 0 Å². The summed E-state index contributed by atoms with van der Waals surface area (Å²) in [6.07, 6.45) is 0. The average Bonchev–Trinajstić information content (AvgIpc) is 2.55. The first kappa shape index (κ1) is 14.9. The van der Waals surface area contributed by atoms with Gasteiger partial charge in [-0.1, -0.05) is 12.1 Å². The van der Waals surface area contributed by atoms with Crippen molar-refractivity contribution in [2.24, 2.45) is 0 Å². The summed E-state index contributed by atoms with van der Waals surface area (Å²) in [5.74, 6) is 1.21. The molecule has 0 saturated carbocycles. The standard InChI is InChI=1S/C17H16N2O4/c1-11(20)12-3-2-4-13(9-12)18-17(21)19-14-5-6-15-16(10-14)23-8-7-22-15/h2-6,9-10H,7-8H2,1H3,(H2,18,19,21). The van der Waals surface area contributed by atoms with Gasteiger partial charge in [-0.3, -0.25) is 4.79 Å². The minimum atomic E-state index is -0.401. The Morgan fingerprint density at radius 1 is 0.913 bits per heavy atom. The second kappa shape index (κ2) is 6.39. The number of nitrogens with one attached hydrogen (secondary N) is 2. The van der Waals surface area contributed by atoms with Crippen LogP contribution in [0, 0.1) is 0 Å². The Morgan fingerprint density at radius 3 is 2.35 bits per heavy atom. The second-order valence-corrected chi connectivity index (χ2v) is 5.07. The zero-order chi connectivity index (χ0) is 16.2. The van der Waals surface area contributed by atoms with Gasteiger partial charge in [-0.05, 0) is 31.2 Å². The van der Waals surface area contributed by atoms with Gasteiger partial charge in [0.2, 0.25) is 0 Å². The fourth-order valence-electron chi connectivity index (χ4n) is 2.23. The highest BCUT2D eigenvalue weighted by molar-refractivity contribution is 6.01. The molecular weight excluding hydrogens is 296 g/mol. The lowest BCUT2D eigenvalue weighted by atomic mass is 10.1. The Labute approximate surface area is 133 Å². The zero-order valence-corrected chi connectivity index (χ0v) is 12.6. The summed E-state index contributed by atoms with van der Waals surface area (Å²) in [6.45, 7) is 2.49. The summed E-state index contributed by atoms with van der Waals surface area (Å²) in [7, 11) is 0. The minimum Gasteiger partial charge on any atom is -0.486 e. The van der Waals surface area contributed by atoms with E-state index in [-0.39, 0.29) is 5.78 Å². The lowest BCUT2D eigenvalue weighted by Crippen LogP contribution is -2.20. The van der Waals surface area contributed by atoms with Crippen LogP contribution in [0.4, 0.5) is 16.2 Å². The van der Waals surface area contributed by atoms with Gasteiger partial charge in [0.15, 0.2) is 17.3 Å². The summed E-state index contributed by atoms with van der Waals surface area (Å²) < 4.78 is 10.9. The number of Topliss-reactive ketones (excluding diaryl/α,β-unsaturated/α-hetero) is 1. The first-order valence-electron chi connectivity index (χ1n) is 7.20. The largest absolute Gasteiger partial charge is 0.486 e. The molecule has 23 heavy (non-hydrogen) atoms. The van der Waals surface area contributed by atoms with Crippen LogP contribution in [0.2, 0.25) is 0 Å². The fourth-order valence-corrected chi connectivity index (χ4v) is 2.23. The van der Waals surface area contributed by atoms with E-state index in [0.29, 0.717) is 41.7 Å². The highest BCUT2D eigenvalue weighted by Gasteiger charge is 2.13. The number of ether oxygens (including phenoxy) is 2. The molecule has 3 rings (SSSR count). The van der Waals surface area contributed by atoms with Crippen molar-refractivity contribution >= 4 is 23.2 Å². The molecule has 0 bridgehead atoms. The number of carbonyl (C=O) groups is 2. The van der Waals surface area contributed by atoms with Crippen LogP contribution in [0.3, 0.4) is 0 Å². The van der Waals surface area contributed by atoms with Crippen molar-refractivity contribution in [3.05, 3.63) is 48.0 Å². The molecule has 0 unspecified atom stereocenters. The van der Waals surface area contributed by atoms with Crippen molar-refractivity contribution < 1.29 is 19.1 Å². The molecule has 2 amide bonds. The van der Waals surface area contributed by atoms with E-state index in [9.17, 15) is 9.59 Å². The van der Waals surface area contributed by atoms with E-state index >= 15 is 0 Å². The molecule has 0 radical (unpaired) electrons.